The summed E-state index contributed by atoms with van der Waals surface area (Å²) in [6.45, 7) is 1.95. The molecule has 74 valence electrons. The van der Waals surface area contributed by atoms with Crippen molar-refractivity contribution in [3.63, 3.8) is 0 Å². The Morgan fingerprint density at radius 2 is 2.14 bits per heavy atom. The normalized spacial score (nSPS) is 39.5. The van der Waals surface area contributed by atoms with Crippen LogP contribution < -0.4 is 11.1 Å². The van der Waals surface area contributed by atoms with Crippen molar-refractivity contribution in [3.8, 4) is 0 Å². The van der Waals surface area contributed by atoms with Crippen LogP contribution in [0.2, 0.25) is 0 Å². The van der Waals surface area contributed by atoms with Gasteiger partial charge in [0.2, 0.25) is 0 Å². The molecule has 2 aliphatic rings. The SMILES string of the molecule is NC[C@]12CN[C@H](c3ccccc3)C1C2. The van der Waals surface area contributed by atoms with Gasteiger partial charge in [0.1, 0.15) is 0 Å². The molecular formula is C12H16N2. The second-order valence-corrected chi connectivity index (χ2v) is 4.65. The summed E-state index contributed by atoms with van der Waals surface area (Å²) in [5.41, 5.74) is 7.68. The van der Waals surface area contributed by atoms with Crippen molar-refractivity contribution >= 4 is 0 Å². The Kier molecular flexibility index (Phi) is 1.70. The molecular weight excluding hydrogens is 172 g/mol. The highest BCUT2D eigenvalue weighted by Crippen LogP contribution is 2.61. The molecule has 1 heterocycles. The van der Waals surface area contributed by atoms with Gasteiger partial charge in [-0.25, -0.2) is 0 Å². The first kappa shape index (κ1) is 8.45. The van der Waals surface area contributed by atoms with Crippen LogP contribution >= 0.6 is 0 Å². The van der Waals surface area contributed by atoms with E-state index in [1.165, 1.54) is 12.0 Å². The van der Waals surface area contributed by atoms with Crippen LogP contribution in [0.4, 0.5) is 0 Å². The molecule has 14 heavy (non-hydrogen) atoms. The minimum atomic E-state index is 0.445. The minimum Gasteiger partial charge on any atom is -0.330 e. The molecule has 0 amide bonds. The molecule has 1 saturated carbocycles. The number of nitrogens with two attached hydrogens (primary N) is 1. The van der Waals surface area contributed by atoms with E-state index in [1.54, 1.807) is 0 Å². The first-order chi connectivity index (χ1) is 6.86. The molecule has 2 heteroatoms. The predicted octanol–water partition coefficient (Wildman–Crippen LogP) is 1.30. The van der Waals surface area contributed by atoms with Crippen molar-refractivity contribution in [2.45, 2.75) is 12.5 Å². The second-order valence-electron chi connectivity index (χ2n) is 4.65. The summed E-state index contributed by atoms with van der Waals surface area (Å²) < 4.78 is 0. The van der Waals surface area contributed by atoms with Crippen LogP contribution in [-0.4, -0.2) is 13.1 Å². The van der Waals surface area contributed by atoms with E-state index in [1.807, 2.05) is 0 Å². The zero-order valence-electron chi connectivity index (χ0n) is 8.24. The van der Waals surface area contributed by atoms with Gasteiger partial charge in [-0.1, -0.05) is 30.3 Å². The van der Waals surface area contributed by atoms with Gasteiger partial charge in [0, 0.05) is 18.0 Å². The molecule has 3 atom stereocenters. The maximum Gasteiger partial charge on any atom is 0.0355 e. The molecule has 2 nitrogen and oxygen atoms in total. The van der Waals surface area contributed by atoms with E-state index in [4.69, 9.17) is 5.73 Å². The van der Waals surface area contributed by atoms with Crippen LogP contribution in [0.25, 0.3) is 0 Å². The van der Waals surface area contributed by atoms with E-state index in [0.717, 1.165) is 19.0 Å². The Labute approximate surface area is 84.5 Å². The number of hydrogen-bond donors (Lipinski definition) is 2. The summed E-state index contributed by atoms with van der Waals surface area (Å²) in [5.74, 6) is 0.787. The van der Waals surface area contributed by atoms with Gasteiger partial charge in [-0.15, -0.1) is 0 Å². The second kappa shape index (κ2) is 2.81. The van der Waals surface area contributed by atoms with E-state index in [9.17, 15) is 0 Å². The van der Waals surface area contributed by atoms with Crippen molar-refractivity contribution in [3.05, 3.63) is 35.9 Å². The quantitative estimate of drug-likeness (QED) is 0.734. The zero-order chi connectivity index (χ0) is 9.60. The fraction of sp³-hybridized carbons (Fsp3) is 0.500. The maximum atomic E-state index is 5.81. The molecule has 0 radical (unpaired) electrons. The molecule has 1 aromatic rings. The van der Waals surface area contributed by atoms with E-state index >= 15 is 0 Å². The summed E-state index contributed by atoms with van der Waals surface area (Å²) in [5, 5.41) is 3.58. The molecule has 0 bridgehead atoms. The van der Waals surface area contributed by atoms with E-state index in [2.05, 4.69) is 35.6 Å². The lowest BCUT2D eigenvalue weighted by molar-refractivity contribution is 0.527. The van der Waals surface area contributed by atoms with Gasteiger partial charge < -0.3 is 11.1 Å². The van der Waals surface area contributed by atoms with E-state index in [0.29, 0.717) is 11.5 Å². The fourth-order valence-electron chi connectivity index (χ4n) is 2.83. The van der Waals surface area contributed by atoms with Crippen molar-refractivity contribution < 1.29 is 0 Å². The number of fused-ring (bicyclic) bond motifs is 1. The Morgan fingerprint density at radius 1 is 1.36 bits per heavy atom. The molecule has 1 aliphatic heterocycles. The molecule has 2 fully saturated rings. The van der Waals surface area contributed by atoms with Crippen LogP contribution in [0.1, 0.15) is 18.0 Å². The van der Waals surface area contributed by atoms with Gasteiger partial charge in [-0.05, 0) is 24.4 Å². The van der Waals surface area contributed by atoms with Crippen molar-refractivity contribution in [1.82, 2.24) is 5.32 Å². The molecule has 0 spiro atoms. The lowest BCUT2D eigenvalue weighted by Crippen LogP contribution is -2.24. The molecule has 0 aromatic heterocycles. The van der Waals surface area contributed by atoms with Crippen molar-refractivity contribution in [2.75, 3.05) is 13.1 Å². The number of benzene rings is 1. The summed E-state index contributed by atoms with van der Waals surface area (Å²) in [4.78, 5) is 0. The predicted molar refractivity (Wildman–Crippen MR) is 56.8 cm³/mol. The highest BCUT2D eigenvalue weighted by molar-refractivity contribution is 5.27. The van der Waals surface area contributed by atoms with Gasteiger partial charge in [-0.3, -0.25) is 0 Å². The van der Waals surface area contributed by atoms with Gasteiger partial charge in [0.05, 0.1) is 0 Å². The van der Waals surface area contributed by atoms with E-state index < -0.39 is 0 Å². The fourth-order valence-corrected chi connectivity index (χ4v) is 2.83. The maximum absolute atomic E-state index is 5.81. The van der Waals surface area contributed by atoms with Crippen molar-refractivity contribution in [2.24, 2.45) is 17.1 Å². The third-order valence-corrected chi connectivity index (χ3v) is 3.89. The average Bonchev–Trinajstić information content (AvgIpc) is 2.87. The number of rotatable bonds is 2. The zero-order valence-corrected chi connectivity index (χ0v) is 8.24. The molecule has 3 N–H and O–H groups in total. The topological polar surface area (TPSA) is 38.0 Å². The Balaban J connectivity index is 1.84. The Morgan fingerprint density at radius 3 is 2.71 bits per heavy atom. The standard InChI is InChI=1S/C12H16N2/c13-7-12-6-10(12)11(14-8-12)9-4-2-1-3-5-9/h1-5,10-11,14H,6-8,13H2/t10?,11-,12-/m1/s1. The van der Waals surface area contributed by atoms with Gasteiger partial charge in [0.15, 0.2) is 0 Å². The van der Waals surface area contributed by atoms with Crippen LogP contribution in [-0.2, 0) is 0 Å². The van der Waals surface area contributed by atoms with Gasteiger partial charge in [0.25, 0.3) is 0 Å². The van der Waals surface area contributed by atoms with Crippen LogP contribution in [0.5, 0.6) is 0 Å². The molecule has 1 unspecified atom stereocenters. The van der Waals surface area contributed by atoms with Crippen LogP contribution in [0, 0.1) is 11.3 Å². The Bertz CT molecular complexity index is 335. The number of hydrogen-bond acceptors (Lipinski definition) is 2. The highest BCUT2D eigenvalue weighted by Gasteiger charge is 2.60. The summed E-state index contributed by atoms with van der Waals surface area (Å²) in [6, 6.07) is 11.3. The summed E-state index contributed by atoms with van der Waals surface area (Å²) in [6.07, 6.45) is 1.32. The summed E-state index contributed by atoms with van der Waals surface area (Å²) >= 11 is 0. The first-order valence-corrected chi connectivity index (χ1v) is 5.34. The lowest BCUT2D eigenvalue weighted by atomic mass is 10.0. The van der Waals surface area contributed by atoms with Crippen LogP contribution in [0.15, 0.2) is 30.3 Å². The molecule has 3 rings (SSSR count). The molecule has 1 aliphatic carbocycles. The largest absolute Gasteiger partial charge is 0.330 e. The van der Waals surface area contributed by atoms with Gasteiger partial charge >= 0.3 is 0 Å². The third kappa shape index (κ3) is 1.04. The monoisotopic (exact) mass is 188 g/mol. The van der Waals surface area contributed by atoms with Crippen molar-refractivity contribution in [1.29, 1.82) is 0 Å². The third-order valence-electron chi connectivity index (χ3n) is 3.89. The highest BCUT2D eigenvalue weighted by atomic mass is 15.0. The average molecular weight is 188 g/mol. The van der Waals surface area contributed by atoms with Gasteiger partial charge in [-0.2, -0.15) is 0 Å². The number of piperidine rings is 1. The Hall–Kier alpha value is -0.860. The lowest BCUT2D eigenvalue weighted by Gasteiger charge is -2.12. The van der Waals surface area contributed by atoms with E-state index in [-0.39, 0.29) is 0 Å². The molecule has 1 saturated heterocycles. The minimum absolute atomic E-state index is 0.445. The number of nitrogens with one attached hydrogen (secondary N) is 1. The van der Waals surface area contributed by atoms with Crippen LogP contribution in [0.3, 0.4) is 0 Å². The smallest absolute Gasteiger partial charge is 0.0355 e. The molecule has 1 aromatic carbocycles. The first-order valence-electron chi connectivity index (χ1n) is 5.34. The summed E-state index contributed by atoms with van der Waals surface area (Å²) in [7, 11) is 0.